The third-order valence-electron chi connectivity index (χ3n) is 3.40. The Labute approximate surface area is 204 Å². The SMILES string of the molecule is CC(C#N)(CCC(=O)OC[Si](Cl)(Cl)Cl)/N=N/C(C)(C#N)CCC(=O)OC[Si](Cl)(Cl)Cl. The molecular formula is C14H18Cl6N4O4Si2. The van der Waals surface area contributed by atoms with E-state index in [1.54, 1.807) is 0 Å². The number of carbonyl (C=O) groups is 2. The highest BCUT2D eigenvalue weighted by atomic mass is 35.8. The molecule has 30 heavy (non-hydrogen) atoms. The minimum Gasteiger partial charge on any atom is -0.465 e. The third-order valence-corrected chi connectivity index (χ3v) is 6.31. The lowest BCUT2D eigenvalue weighted by Gasteiger charge is -2.19. The summed E-state index contributed by atoms with van der Waals surface area (Å²) in [7, 11) is 0. The van der Waals surface area contributed by atoms with Crippen molar-refractivity contribution in [3.63, 3.8) is 0 Å². The van der Waals surface area contributed by atoms with Gasteiger partial charge in [0.15, 0.2) is 11.1 Å². The Morgan fingerprint density at radius 2 is 1.10 bits per heavy atom. The van der Waals surface area contributed by atoms with Crippen molar-refractivity contribution in [3.05, 3.63) is 0 Å². The zero-order valence-corrected chi connectivity index (χ0v) is 22.5. The van der Waals surface area contributed by atoms with Gasteiger partial charge in [-0.25, -0.2) is 0 Å². The van der Waals surface area contributed by atoms with Gasteiger partial charge in [-0.2, -0.15) is 20.8 Å². The van der Waals surface area contributed by atoms with Crippen molar-refractivity contribution < 1.29 is 19.1 Å². The second-order valence-electron chi connectivity index (χ2n) is 6.52. The van der Waals surface area contributed by atoms with Gasteiger partial charge in [0.1, 0.15) is 12.5 Å². The van der Waals surface area contributed by atoms with Crippen LogP contribution in [0, 0.1) is 22.7 Å². The van der Waals surface area contributed by atoms with Crippen molar-refractivity contribution in [2.75, 3.05) is 12.5 Å². The van der Waals surface area contributed by atoms with Crippen LogP contribution in [0.25, 0.3) is 0 Å². The smallest absolute Gasteiger partial charge is 0.378 e. The van der Waals surface area contributed by atoms with Gasteiger partial charge in [-0.05, 0) is 26.7 Å². The molecule has 2 atom stereocenters. The number of rotatable bonds is 12. The summed E-state index contributed by atoms with van der Waals surface area (Å²) in [6.07, 6.45) is -1.02. The second kappa shape index (κ2) is 12.7. The average molecular weight is 575 g/mol. The van der Waals surface area contributed by atoms with E-state index in [4.69, 9.17) is 75.9 Å². The number of nitrogens with zero attached hydrogens (tertiary/aromatic N) is 4. The van der Waals surface area contributed by atoms with E-state index in [1.807, 2.05) is 12.1 Å². The summed E-state index contributed by atoms with van der Waals surface area (Å²) in [6, 6.07) is -2.37. The Bertz CT molecular complexity index is 674. The molecule has 0 amide bonds. The van der Waals surface area contributed by atoms with Crippen LogP contribution in [0.15, 0.2) is 10.2 Å². The van der Waals surface area contributed by atoms with Gasteiger partial charge in [0.05, 0.1) is 12.1 Å². The molecule has 0 fully saturated rings. The number of hydrogen-bond donors (Lipinski definition) is 0. The van der Waals surface area contributed by atoms with Crippen LogP contribution in [0.3, 0.4) is 0 Å². The van der Waals surface area contributed by atoms with Gasteiger partial charge in [-0.1, -0.05) is 0 Å². The van der Waals surface area contributed by atoms with E-state index in [0.29, 0.717) is 0 Å². The van der Waals surface area contributed by atoms with E-state index in [1.165, 1.54) is 13.8 Å². The second-order valence-corrected chi connectivity index (χ2v) is 24.7. The number of halogens is 6. The normalized spacial score (nSPS) is 16.1. The van der Waals surface area contributed by atoms with Gasteiger partial charge in [0.25, 0.3) is 0 Å². The lowest BCUT2D eigenvalue weighted by molar-refractivity contribution is -0.143. The molecule has 0 saturated carbocycles. The highest BCUT2D eigenvalue weighted by Gasteiger charge is 2.32. The highest BCUT2D eigenvalue weighted by molar-refractivity contribution is 7.65. The van der Waals surface area contributed by atoms with Gasteiger partial charge < -0.3 is 9.47 Å². The zero-order chi connectivity index (χ0) is 23.6. The van der Waals surface area contributed by atoms with Crippen LogP contribution in [-0.4, -0.2) is 47.5 Å². The van der Waals surface area contributed by atoms with E-state index in [2.05, 4.69) is 10.2 Å². The summed E-state index contributed by atoms with van der Waals surface area (Å²) in [4.78, 5) is 23.5. The Kier molecular flexibility index (Phi) is 12.5. The first kappa shape index (κ1) is 29.7. The molecule has 0 bridgehead atoms. The summed E-state index contributed by atoms with van der Waals surface area (Å²) < 4.78 is 9.68. The van der Waals surface area contributed by atoms with Crippen molar-refractivity contribution in [2.45, 2.75) is 50.6 Å². The number of azo groups is 1. The molecule has 2 unspecified atom stereocenters. The fourth-order valence-corrected chi connectivity index (χ4v) is 3.27. The fourth-order valence-electron chi connectivity index (χ4n) is 1.64. The lowest BCUT2D eigenvalue weighted by Crippen LogP contribution is -2.27. The number of nitriles is 2. The number of hydrogen-bond acceptors (Lipinski definition) is 8. The lowest BCUT2D eigenvalue weighted by atomic mass is 9.97. The summed E-state index contributed by atoms with van der Waals surface area (Å²) >= 11 is 33.8. The molecule has 0 radical (unpaired) electrons. The topological polar surface area (TPSA) is 125 Å². The van der Waals surface area contributed by atoms with Crippen LogP contribution in [-0.2, 0) is 19.1 Å². The maximum Gasteiger partial charge on any atom is 0.378 e. The first-order valence-corrected chi connectivity index (χ1v) is 18.7. The Hall–Kier alpha value is -0.306. The maximum absolute atomic E-state index is 11.7. The molecule has 0 aliphatic heterocycles. The van der Waals surface area contributed by atoms with E-state index < -0.39 is 35.0 Å². The number of ether oxygens (including phenoxy) is 2. The van der Waals surface area contributed by atoms with Crippen LogP contribution < -0.4 is 0 Å². The predicted octanol–water partition coefficient (Wildman–Crippen LogP) is 5.04. The minimum atomic E-state index is -3.11. The largest absolute Gasteiger partial charge is 0.465 e. The molecule has 0 rings (SSSR count). The first-order chi connectivity index (χ1) is 13.5. The average Bonchev–Trinajstić information content (AvgIpc) is 2.65. The van der Waals surface area contributed by atoms with Crippen LogP contribution >= 0.6 is 66.5 Å². The van der Waals surface area contributed by atoms with E-state index >= 15 is 0 Å². The molecule has 0 aliphatic carbocycles. The summed E-state index contributed by atoms with van der Waals surface area (Å²) in [5.41, 5.74) is -2.81. The molecule has 16 heteroatoms. The van der Waals surface area contributed by atoms with Crippen LogP contribution in [0.2, 0.25) is 0 Å². The molecule has 0 heterocycles. The molecule has 0 saturated heterocycles. The molecule has 168 valence electrons. The Morgan fingerprint density at radius 1 is 0.800 bits per heavy atom. The molecule has 0 spiro atoms. The summed E-state index contributed by atoms with van der Waals surface area (Å²) in [5, 5.41) is 26.6. The van der Waals surface area contributed by atoms with Crippen molar-refractivity contribution in [3.8, 4) is 12.1 Å². The molecule has 0 N–H and O–H groups in total. The van der Waals surface area contributed by atoms with Gasteiger partial charge in [-0.15, -0.1) is 66.5 Å². The number of esters is 2. The molecule has 0 aromatic heterocycles. The summed E-state index contributed by atoms with van der Waals surface area (Å²) in [6.45, 7) is 2.87. The first-order valence-electron chi connectivity index (χ1n) is 8.24. The Balaban J connectivity index is 4.85. The molecular weight excluding hydrogens is 557 g/mol. The van der Waals surface area contributed by atoms with Crippen LogP contribution in [0.4, 0.5) is 0 Å². The monoisotopic (exact) mass is 572 g/mol. The number of carbonyl (C=O) groups excluding carboxylic acids is 2. The minimum absolute atomic E-state index is 0.0370. The van der Waals surface area contributed by atoms with Gasteiger partial charge in [0, 0.05) is 12.8 Å². The fraction of sp³-hybridized carbons (Fsp3) is 0.714. The zero-order valence-electron chi connectivity index (χ0n) is 15.9. The summed E-state index contributed by atoms with van der Waals surface area (Å²) in [5.74, 6) is -1.32. The van der Waals surface area contributed by atoms with Crippen molar-refractivity contribution in [1.29, 1.82) is 10.5 Å². The van der Waals surface area contributed by atoms with Gasteiger partial charge in [-0.3, -0.25) is 9.59 Å². The van der Waals surface area contributed by atoms with Gasteiger partial charge in [0.2, 0.25) is 0 Å². The van der Waals surface area contributed by atoms with E-state index in [0.717, 1.165) is 0 Å². The van der Waals surface area contributed by atoms with Gasteiger partial charge >= 0.3 is 23.9 Å². The molecule has 0 aromatic carbocycles. The molecule has 8 nitrogen and oxygen atoms in total. The quantitative estimate of drug-likeness (QED) is 0.139. The standard InChI is InChI=1S/C14H18Cl6N4O4Si2/c1-13(7-21,5-3-11(25)27-9-29(15,16)17)23-24-14(2,8-22)6-4-12(26)28-10-30(18,19)20/h3-6,9-10H2,1-2H3/b24-23+. The molecule has 0 aromatic rings. The maximum atomic E-state index is 11.7. The predicted molar refractivity (Wildman–Crippen MR) is 120 cm³/mol. The molecule has 0 aliphatic rings. The third kappa shape index (κ3) is 14.7. The highest BCUT2D eigenvalue weighted by Crippen LogP contribution is 2.25. The Morgan fingerprint density at radius 3 is 1.33 bits per heavy atom. The van der Waals surface area contributed by atoms with Crippen molar-refractivity contribution in [2.24, 2.45) is 10.2 Å². The van der Waals surface area contributed by atoms with Crippen molar-refractivity contribution >= 4 is 90.4 Å². The van der Waals surface area contributed by atoms with Crippen molar-refractivity contribution in [1.82, 2.24) is 0 Å². The van der Waals surface area contributed by atoms with E-state index in [9.17, 15) is 20.1 Å². The van der Waals surface area contributed by atoms with E-state index in [-0.39, 0.29) is 38.1 Å². The van der Waals surface area contributed by atoms with Crippen LogP contribution in [0.5, 0.6) is 0 Å². The van der Waals surface area contributed by atoms with Crippen LogP contribution in [0.1, 0.15) is 39.5 Å².